The van der Waals surface area contributed by atoms with Crippen LogP contribution in [0.1, 0.15) is 28.9 Å². The summed E-state index contributed by atoms with van der Waals surface area (Å²) < 4.78 is 5.47. The van der Waals surface area contributed by atoms with Crippen molar-refractivity contribution < 1.29 is 4.74 Å². The Morgan fingerprint density at radius 2 is 2.00 bits per heavy atom. The molecular weight excluding hydrogens is 270 g/mol. The highest BCUT2D eigenvalue weighted by atomic mass is 32.1. The highest BCUT2D eigenvalue weighted by Gasteiger charge is 2.35. The Kier molecular flexibility index (Phi) is 4.40. The average molecular weight is 295 g/mol. The molecule has 0 spiro atoms. The largest absolute Gasteiger partial charge is 0.379 e. The number of morpholine rings is 1. The molecule has 0 aromatic carbocycles. The molecule has 3 heterocycles. The van der Waals surface area contributed by atoms with Gasteiger partial charge in [0.05, 0.1) is 25.5 Å². The molecule has 0 saturated carbocycles. The van der Waals surface area contributed by atoms with Crippen LogP contribution in [0.4, 0.5) is 0 Å². The number of aryl methyl sites for hydroxylation is 2. The van der Waals surface area contributed by atoms with Crippen molar-refractivity contribution in [1.82, 2.24) is 14.8 Å². The Bertz CT molecular complexity index is 436. The van der Waals surface area contributed by atoms with Gasteiger partial charge in [0.1, 0.15) is 5.01 Å². The fraction of sp³-hybridized carbons (Fsp3) is 0.800. The van der Waals surface area contributed by atoms with Crippen LogP contribution in [0.15, 0.2) is 0 Å². The molecule has 1 aromatic rings. The molecule has 2 fully saturated rings. The van der Waals surface area contributed by atoms with Crippen LogP contribution in [0.2, 0.25) is 0 Å². The topological polar surface area (TPSA) is 28.6 Å². The van der Waals surface area contributed by atoms with Crippen molar-refractivity contribution in [3.8, 4) is 0 Å². The second kappa shape index (κ2) is 6.10. The molecule has 0 aliphatic carbocycles. The molecule has 0 radical (unpaired) electrons. The Balaban J connectivity index is 1.61. The summed E-state index contributed by atoms with van der Waals surface area (Å²) in [7, 11) is 0. The zero-order chi connectivity index (χ0) is 14.1. The summed E-state index contributed by atoms with van der Waals surface area (Å²) in [6.45, 7) is 12.8. The molecule has 2 saturated heterocycles. The second-order valence-corrected chi connectivity index (χ2v) is 7.25. The third-order valence-electron chi connectivity index (χ3n) is 4.77. The molecular formula is C15H25N3OS. The highest BCUT2D eigenvalue weighted by Crippen LogP contribution is 2.27. The van der Waals surface area contributed by atoms with Crippen LogP contribution in [0.5, 0.6) is 0 Å². The molecule has 0 N–H and O–H groups in total. The van der Waals surface area contributed by atoms with Gasteiger partial charge in [-0.05, 0) is 27.2 Å². The molecule has 3 rings (SSSR count). The fourth-order valence-corrected chi connectivity index (χ4v) is 4.35. The molecule has 2 aliphatic heterocycles. The van der Waals surface area contributed by atoms with Crippen LogP contribution in [-0.4, -0.2) is 59.7 Å². The van der Waals surface area contributed by atoms with Gasteiger partial charge in [0.2, 0.25) is 0 Å². The molecule has 0 amide bonds. The van der Waals surface area contributed by atoms with Gasteiger partial charge in [0, 0.05) is 36.6 Å². The molecule has 2 aliphatic rings. The SMILES string of the molecule is Cc1nc(CN2CC[C@@H](N3CCOCC3)[C@H]2C)sc1C. The Morgan fingerprint density at radius 3 is 2.65 bits per heavy atom. The average Bonchev–Trinajstić information content (AvgIpc) is 2.96. The van der Waals surface area contributed by atoms with Crippen LogP contribution in [0.25, 0.3) is 0 Å². The number of ether oxygens (including phenoxy) is 1. The third-order valence-corrected chi connectivity index (χ3v) is 5.83. The molecule has 20 heavy (non-hydrogen) atoms. The summed E-state index contributed by atoms with van der Waals surface area (Å²) in [5.41, 5.74) is 1.20. The van der Waals surface area contributed by atoms with Crippen LogP contribution in [0.3, 0.4) is 0 Å². The van der Waals surface area contributed by atoms with Gasteiger partial charge in [-0.2, -0.15) is 0 Å². The number of hydrogen-bond donors (Lipinski definition) is 0. The van der Waals surface area contributed by atoms with Gasteiger partial charge < -0.3 is 4.74 Å². The number of likely N-dealkylation sites (tertiary alicyclic amines) is 1. The first-order chi connectivity index (χ1) is 9.65. The monoisotopic (exact) mass is 295 g/mol. The van der Waals surface area contributed by atoms with E-state index in [9.17, 15) is 0 Å². The van der Waals surface area contributed by atoms with Crippen molar-refractivity contribution in [2.75, 3.05) is 32.8 Å². The first kappa shape index (κ1) is 14.4. The Morgan fingerprint density at radius 1 is 1.25 bits per heavy atom. The standard InChI is InChI=1S/C15H25N3OS/c1-11-13(3)20-15(16-11)10-18-5-4-14(12(18)2)17-6-8-19-9-7-17/h12,14H,4-10H2,1-3H3/t12-,14-/m1/s1. The van der Waals surface area contributed by atoms with E-state index in [0.717, 1.165) is 32.8 Å². The maximum absolute atomic E-state index is 5.47. The maximum Gasteiger partial charge on any atom is 0.107 e. The predicted octanol–water partition coefficient (Wildman–Crippen LogP) is 2.05. The van der Waals surface area contributed by atoms with Crippen molar-refractivity contribution >= 4 is 11.3 Å². The number of aromatic nitrogens is 1. The Labute approximate surface area is 125 Å². The van der Waals surface area contributed by atoms with Crippen molar-refractivity contribution in [3.63, 3.8) is 0 Å². The van der Waals surface area contributed by atoms with Crippen LogP contribution >= 0.6 is 11.3 Å². The lowest BCUT2D eigenvalue weighted by Gasteiger charge is -2.35. The van der Waals surface area contributed by atoms with E-state index in [1.807, 2.05) is 11.3 Å². The van der Waals surface area contributed by atoms with Crippen molar-refractivity contribution in [1.29, 1.82) is 0 Å². The van der Waals surface area contributed by atoms with Crippen molar-refractivity contribution in [2.45, 2.75) is 45.8 Å². The number of thiazole rings is 1. The summed E-state index contributed by atoms with van der Waals surface area (Å²) >= 11 is 1.85. The molecule has 0 bridgehead atoms. The summed E-state index contributed by atoms with van der Waals surface area (Å²) in [4.78, 5) is 11.3. The second-order valence-electron chi connectivity index (χ2n) is 5.96. The van der Waals surface area contributed by atoms with Crippen molar-refractivity contribution in [3.05, 3.63) is 15.6 Å². The summed E-state index contributed by atoms with van der Waals surface area (Å²) in [6, 6.07) is 1.32. The highest BCUT2D eigenvalue weighted by molar-refractivity contribution is 7.11. The predicted molar refractivity (Wildman–Crippen MR) is 82.3 cm³/mol. The lowest BCUT2D eigenvalue weighted by molar-refractivity contribution is 0.00983. The molecule has 0 unspecified atom stereocenters. The van der Waals surface area contributed by atoms with Crippen LogP contribution in [-0.2, 0) is 11.3 Å². The van der Waals surface area contributed by atoms with Gasteiger partial charge in [-0.15, -0.1) is 11.3 Å². The minimum Gasteiger partial charge on any atom is -0.379 e. The van der Waals surface area contributed by atoms with Gasteiger partial charge >= 0.3 is 0 Å². The van der Waals surface area contributed by atoms with E-state index in [2.05, 4.69) is 35.6 Å². The quantitative estimate of drug-likeness (QED) is 0.853. The summed E-state index contributed by atoms with van der Waals surface area (Å²) in [5.74, 6) is 0. The van der Waals surface area contributed by atoms with Gasteiger partial charge in [-0.25, -0.2) is 4.98 Å². The van der Waals surface area contributed by atoms with Gasteiger partial charge in [0.15, 0.2) is 0 Å². The first-order valence-electron chi connectivity index (χ1n) is 7.64. The molecule has 1 aromatic heterocycles. The minimum absolute atomic E-state index is 0.623. The molecule has 4 nitrogen and oxygen atoms in total. The van der Waals surface area contributed by atoms with Gasteiger partial charge in [-0.3, -0.25) is 9.80 Å². The lowest BCUT2D eigenvalue weighted by Crippen LogP contribution is -2.48. The Hall–Kier alpha value is -0.490. The zero-order valence-electron chi connectivity index (χ0n) is 12.8. The first-order valence-corrected chi connectivity index (χ1v) is 8.45. The van der Waals surface area contributed by atoms with E-state index in [-0.39, 0.29) is 0 Å². The van der Waals surface area contributed by atoms with Gasteiger partial charge in [0.25, 0.3) is 0 Å². The molecule has 112 valence electrons. The van der Waals surface area contributed by atoms with Crippen LogP contribution < -0.4 is 0 Å². The van der Waals surface area contributed by atoms with E-state index in [0.29, 0.717) is 12.1 Å². The lowest BCUT2D eigenvalue weighted by atomic mass is 10.1. The third kappa shape index (κ3) is 2.91. The minimum atomic E-state index is 0.623. The fourth-order valence-electron chi connectivity index (χ4n) is 3.39. The van der Waals surface area contributed by atoms with E-state index in [4.69, 9.17) is 4.74 Å². The normalized spacial score (nSPS) is 29.1. The summed E-state index contributed by atoms with van der Waals surface area (Å²) in [5, 5.41) is 1.27. The van der Waals surface area contributed by atoms with Crippen LogP contribution in [0, 0.1) is 13.8 Å². The molecule has 5 heteroatoms. The number of hydrogen-bond acceptors (Lipinski definition) is 5. The number of rotatable bonds is 3. The van der Waals surface area contributed by atoms with Gasteiger partial charge in [-0.1, -0.05) is 0 Å². The number of nitrogens with zero attached hydrogens (tertiary/aromatic N) is 3. The summed E-state index contributed by atoms with van der Waals surface area (Å²) in [6.07, 6.45) is 1.28. The van der Waals surface area contributed by atoms with E-state index >= 15 is 0 Å². The van der Waals surface area contributed by atoms with E-state index < -0.39 is 0 Å². The van der Waals surface area contributed by atoms with E-state index in [1.54, 1.807) is 0 Å². The molecule has 2 atom stereocenters. The zero-order valence-corrected chi connectivity index (χ0v) is 13.6. The van der Waals surface area contributed by atoms with E-state index in [1.165, 1.54) is 28.5 Å². The smallest absolute Gasteiger partial charge is 0.107 e. The van der Waals surface area contributed by atoms with Crippen molar-refractivity contribution in [2.24, 2.45) is 0 Å². The maximum atomic E-state index is 5.47.